The lowest BCUT2D eigenvalue weighted by Crippen LogP contribution is -2.44. The summed E-state index contributed by atoms with van der Waals surface area (Å²) in [6, 6.07) is 16.5. The zero-order valence-electron chi connectivity index (χ0n) is 27.2. The second kappa shape index (κ2) is 13.7. The van der Waals surface area contributed by atoms with Gasteiger partial charge < -0.3 is 10.1 Å². The highest BCUT2D eigenvalue weighted by molar-refractivity contribution is 7.99. The quantitative estimate of drug-likeness (QED) is 0.272. The van der Waals surface area contributed by atoms with E-state index in [2.05, 4.69) is 20.8 Å². The van der Waals surface area contributed by atoms with Gasteiger partial charge in [0, 0.05) is 49.2 Å². The van der Waals surface area contributed by atoms with Gasteiger partial charge in [0.1, 0.15) is 5.75 Å². The summed E-state index contributed by atoms with van der Waals surface area (Å²) in [5.41, 5.74) is 0.173. The van der Waals surface area contributed by atoms with Crippen molar-refractivity contribution in [3.05, 3.63) is 54.6 Å². The smallest absolute Gasteiger partial charge is 0.276 e. The summed E-state index contributed by atoms with van der Waals surface area (Å²) < 4.78 is 83.7. The lowest BCUT2D eigenvalue weighted by Gasteiger charge is -2.30. The Kier molecular flexibility index (Phi) is 10.0. The summed E-state index contributed by atoms with van der Waals surface area (Å²) in [5.74, 6) is -2.97. The highest BCUT2D eigenvalue weighted by atomic mass is 32.2. The number of nitrogens with two attached hydrogens (primary N) is 2. The summed E-state index contributed by atoms with van der Waals surface area (Å²) >= 11 is 1.19. The van der Waals surface area contributed by atoms with Gasteiger partial charge in [-0.25, -0.2) is 19.1 Å². The Hall–Kier alpha value is -3.27. The van der Waals surface area contributed by atoms with Gasteiger partial charge in [-0.05, 0) is 72.2 Å². The number of nitrogens with zero attached hydrogens (tertiary/aromatic N) is 6. The van der Waals surface area contributed by atoms with Gasteiger partial charge in [-0.15, -0.1) is 5.10 Å². The van der Waals surface area contributed by atoms with Crippen LogP contribution in [0.25, 0.3) is 5.69 Å². The van der Waals surface area contributed by atoms with Crippen molar-refractivity contribution in [1.82, 2.24) is 28.8 Å². The van der Waals surface area contributed by atoms with Crippen LogP contribution in [0.15, 0.2) is 59.8 Å². The first-order chi connectivity index (χ1) is 23.6. The van der Waals surface area contributed by atoms with E-state index in [1.165, 1.54) is 20.7 Å². The molecule has 4 aliphatic rings. The van der Waals surface area contributed by atoms with E-state index < -0.39 is 37.7 Å². The molecule has 2 atom stereocenters. The number of hydrogen-bond donors (Lipinski definition) is 3. The molecule has 2 aromatic carbocycles. The molecule has 2 saturated heterocycles. The molecule has 20 heteroatoms. The van der Waals surface area contributed by atoms with Crippen LogP contribution in [0.1, 0.15) is 32.1 Å². The maximum atomic E-state index is 14.5. The molecule has 4 fully saturated rings. The molecule has 1 amide bonds. The van der Waals surface area contributed by atoms with Gasteiger partial charge in [0.15, 0.2) is 0 Å². The third kappa shape index (κ3) is 7.24. The number of halogens is 2. The van der Waals surface area contributed by atoms with E-state index in [1.54, 1.807) is 19.2 Å². The Morgan fingerprint density at radius 3 is 2.12 bits per heavy atom. The van der Waals surface area contributed by atoms with Crippen molar-refractivity contribution in [2.24, 2.45) is 32.9 Å². The predicted octanol–water partition coefficient (Wildman–Crippen LogP) is 2.24. The highest BCUT2D eigenvalue weighted by Gasteiger charge is 2.79. The van der Waals surface area contributed by atoms with Gasteiger partial charge in [-0.2, -0.15) is 30.1 Å². The molecule has 0 radical (unpaired) electrons. The molecule has 2 aliphatic heterocycles. The van der Waals surface area contributed by atoms with E-state index in [-0.39, 0.29) is 48.9 Å². The number of carbonyl (C=O) groups excluding carboxylic acids is 1. The minimum atomic E-state index is -3.83. The van der Waals surface area contributed by atoms with Gasteiger partial charge in [-0.3, -0.25) is 4.79 Å². The number of thioether (sulfide) groups is 1. The Morgan fingerprint density at radius 1 is 0.940 bits per heavy atom. The van der Waals surface area contributed by atoms with Gasteiger partial charge in [-0.1, -0.05) is 42.1 Å². The Bertz CT molecular complexity index is 1920. The van der Waals surface area contributed by atoms with Gasteiger partial charge >= 0.3 is 0 Å². The number of amides is 1. The molecule has 15 nitrogen and oxygen atoms in total. The van der Waals surface area contributed by atoms with Crippen LogP contribution in [0, 0.1) is 22.7 Å². The number of aromatic nitrogens is 4. The van der Waals surface area contributed by atoms with Crippen molar-refractivity contribution >= 4 is 43.8 Å². The number of benzene rings is 2. The van der Waals surface area contributed by atoms with Gasteiger partial charge in [0.25, 0.3) is 26.3 Å². The molecule has 1 unspecified atom stereocenters. The lowest BCUT2D eigenvalue weighted by atomic mass is 9.91. The number of ether oxygens (including phenoxy) is 1. The summed E-state index contributed by atoms with van der Waals surface area (Å²) in [4.78, 5) is 12.5. The van der Waals surface area contributed by atoms with E-state index >= 15 is 0 Å². The monoisotopic (exact) mass is 755 g/mol. The van der Waals surface area contributed by atoms with E-state index in [4.69, 9.17) is 15.0 Å². The average molecular weight is 756 g/mol. The standard InChI is InChI=1S/C15H18F2N6O2S2.C15H21N3O4S/c16-15(17)12(14(15)6-8-22(9-7-14)27(18,24)25)10-26-13-19-20-21-23(13)11-4-2-1-3-5-11;1-22-13-5-3-2-4-12(13)17-14(19)11-10-15(11)6-8-18(9-7-15)23(16,20)21/h1-5,12H,6-10H2,(H2,18,24,25);2-5,11H,6-10H2,1H3,(H,17,19)(H2,16,20,21)/t;11-/m.0/s1. The largest absolute Gasteiger partial charge is 0.495 e. The van der Waals surface area contributed by atoms with Crippen molar-refractivity contribution in [1.29, 1.82) is 0 Å². The van der Waals surface area contributed by atoms with E-state index in [0.29, 0.717) is 42.5 Å². The minimum Gasteiger partial charge on any atom is -0.495 e. The fraction of sp³-hybridized carbons (Fsp3) is 0.533. The lowest BCUT2D eigenvalue weighted by molar-refractivity contribution is -0.118. The molecule has 3 heterocycles. The summed E-state index contributed by atoms with van der Waals surface area (Å²) in [6.45, 7) is 0.823. The molecule has 0 bridgehead atoms. The molecule has 272 valence electrons. The molecular formula is C30H39F2N9O6S3. The minimum absolute atomic E-state index is 0.0251. The number of para-hydroxylation sites is 3. The molecule has 5 N–H and O–H groups in total. The van der Waals surface area contributed by atoms with E-state index in [0.717, 1.165) is 16.4 Å². The first kappa shape index (κ1) is 36.5. The van der Waals surface area contributed by atoms with Gasteiger partial charge in [0.05, 0.1) is 18.5 Å². The second-order valence-electron chi connectivity index (χ2n) is 13.0. The molecule has 2 aliphatic carbocycles. The first-order valence-electron chi connectivity index (χ1n) is 16.0. The number of tetrazole rings is 1. The van der Waals surface area contributed by atoms with Crippen LogP contribution >= 0.6 is 11.8 Å². The summed E-state index contributed by atoms with van der Waals surface area (Å²) in [5, 5.41) is 25.1. The van der Waals surface area contributed by atoms with Crippen molar-refractivity contribution in [3.8, 4) is 11.4 Å². The number of alkyl halides is 2. The molecule has 50 heavy (non-hydrogen) atoms. The first-order valence-corrected chi connectivity index (χ1v) is 19.9. The molecular weight excluding hydrogens is 717 g/mol. The molecule has 2 saturated carbocycles. The van der Waals surface area contributed by atoms with Crippen molar-refractivity contribution < 1.29 is 35.1 Å². The van der Waals surface area contributed by atoms with Crippen LogP contribution in [0.4, 0.5) is 14.5 Å². The maximum absolute atomic E-state index is 14.5. The fourth-order valence-corrected chi connectivity index (χ4v) is 9.85. The van der Waals surface area contributed by atoms with Crippen LogP contribution in [-0.2, 0) is 25.2 Å². The molecule has 1 aromatic heterocycles. The van der Waals surface area contributed by atoms with Crippen LogP contribution in [0.3, 0.4) is 0 Å². The van der Waals surface area contributed by atoms with Crippen LogP contribution in [-0.4, -0.2) is 96.5 Å². The highest BCUT2D eigenvalue weighted by Crippen LogP contribution is 2.71. The topological polar surface area (TPSA) is 209 Å². The normalized spacial score (nSPS) is 23.9. The van der Waals surface area contributed by atoms with Gasteiger partial charge in [0.2, 0.25) is 11.1 Å². The Balaban J connectivity index is 0.000000175. The average Bonchev–Trinajstić information content (AvgIpc) is 3.76. The number of carbonyl (C=O) groups is 1. The maximum Gasteiger partial charge on any atom is 0.276 e. The summed E-state index contributed by atoms with van der Waals surface area (Å²) in [7, 11) is -5.90. The van der Waals surface area contributed by atoms with Crippen LogP contribution < -0.4 is 20.3 Å². The number of anilines is 1. The van der Waals surface area contributed by atoms with E-state index in [1.807, 2.05) is 42.5 Å². The molecule has 3 aromatic rings. The van der Waals surface area contributed by atoms with Crippen molar-refractivity contribution in [3.63, 3.8) is 0 Å². The molecule has 2 spiro atoms. The van der Waals surface area contributed by atoms with Crippen molar-refractivity contribution in [2.75, 3.05) is 44.4 Å². The zero-order valence-corrected chi connectivity index (χ0v) is 29.6. The Morgan fingerprint density at radius 2 is 1.52 bits per heavy atom. The number of hydrogen-bond acceptors (Lipinski definition) is 10. The van der Waals surface area contributed by atoms with Crippen molar-refractivity contribution in [2.45, 2.75) is 43.2 Å². The number of rotatable bonds is 9. The third-order valence-electron chi connectivity index (χ3n) is 10.4. The Labute approximate surface area is 293 Å². The SMILES string of the molecule is COc1ccccc1NC(=O)[C@@H]1CC12CCN(S(N)(=O)=O)CC2.NS(=O)(=O)N1CCC2(CC1)C(CSc1nnnn1-c1ccccc1)C2(F)F. The third-order valence-corrected chi connectivity index (χ3v) is 13.6. The fourth-order valence-electron chi connectivity index (χ4n) is 7.26. The number of methoxy groups -OCH3 is 1. The van der Waals surface area contributed by atoms with Crippen LogP contribution in [0.5, 0.6) is 5.75 Å². The second-order valence-corrected chi connectivity index (χ2v) is 17.1. The predicted molar refractivity (Wildman–Crippen MR) is 181 cm³/mol. The summed E-state index contributed by atoms with van der Waals surface area (Å²) in [6.07, 6.45) is 2.35. The number of piperidine rings is 2. The number of nitrogens with one attached hydrogen (secondary N) is 1. The van der Waals surface area contributed by atoms with Crippen LogP contribution in [0.2, 0.25) is 0 Å². The van der Waals surface area contributed by atoms with E-state index in [9.17, 15) is 30.4 Å². The molecule has 7 rings (SSSR count). The zero-order chi connectivity index (χ0) is 36.0.